The highest BCUT2D eigenvalue weighted by Crippen LogP contribution is 2.32. The maximum absolute atomic E-state index is 13.3. The summed E-state index contributed by atoms with van der Waals surface area (Å²) >= 11 is 7.35. The van der Waals surface area contributed by atoms with Crippen molar-refractivity contribution in [1.82, 2.24) is 19.9 Å². The van der Waals surface area contributed by atoms with Gasteiger partial charge in [0.25, 0.3) is 11.5 Å². The van der Waals surface area contributed by atoms with Gasteiger partial charge in [-0.25, -0.2) is 9.97 Å². The van der Waals surface area contributed by atoms with Crippen LogP contribution in [0.4, 0.5) is 0 Å². The number of hydrogen-bond donors (Lipinski definition) is 1. The minimum atomic E-state index is -0.216. The SMILES string of the molecule is Cc1c(C(=O)N2CCC[C@@H](c3ncc(Cc4cccc(Cl)c4)o3)C2)sc2nc[nH]c(=O)c12. The van der Waals surface area contributed by atoms with Crippen LogP contribution < -0.4 is 5.56 Å². The predicted octanol–water partition coefficient (Wildman–Crippen LogP) is 4.55. The van der Waals surface area contributed by atoms with Crippen LogP contribution in [0.25, 0.3) is 10.2 Å². The summed E-state index contributed by atoms with van der Waals surface area (Å²) in [7, 11) is 0. The lowest BCUT2D eigenvalue weighted by Crippen LogP contribution is -2.39. The molecule has 1 aliphatic rings. The third-order valence-corrected chi connectivity index (χ3v) is 7.25. The summed E-state index contributed by atoms with van der Waals surface area (Å²) in [5, 5.41) is 1.19. The van der Waals surface area contributed by atoms with Gasteiger partial charge in [-0.05, 0) is 43.0 Å². The van der Waals surface area contributed by atoms with E-state index < -0.39 is 0 Å². The molecule has 1 aromatic carbocycles. The first-order chi connectivity index (χ1) is 15.5. The van der Waals surface area contributed by atoms with Crippen LogP contribution in [0.3, 0.4) is 0 Å². The number of fused-ring (bicyclic) bond motifs is 1. The van der Waals surface area contributed by atoms with E-state index in [0.29, 0.717) is 51.1 Å². The largest absolute Gasteiger partial charge is 0.445 e. The van der Waals surface area contributed by atoms with E-state index in [9.17, 15) is 9.59 Å². The zero-order chi connectivity index (χ0) is 22.2. The van der Waals surface area contributed by atoms with E-state index in [1.54, 1.807) is 13.1 Å². The number of oxazole rings is 1. The molecule has 3 aromatic heterocycles. The Bertz CT molecular complexity index is 1360. The van der Waals surface area contributed by atoms with E-state index >= 15 is 0 Å². The molecule has 164 valence electrons. The lowest BCUT2D eigenvalue weighted by atomic mass is 9.97. The quantitative estimate of drug-likeness (QED) is 0.474. The fraction of sp³-hybridized carbons (Fsp3) is 0.304. The van der Waals surface area contributed by atoms with Gasteiger partial charge in [-0.2, -0.15) is 0 Å². The number of amides is 1. The molecular formula is C23H21ClN4O3S. The molecular weight excluding hydrogens is 448 g/mol. The Kier molecular flexibility index (Phi) is 5.57. The van der Waals surface area contributed by atoms with Crippen LogP contribution in [0.1, 0.15) is 51.2 Å². The molecule has 5 rings (SSSR count). The van der Waals surface area contributed by atoms with Crippen molar-refractivity contribution in [2.24, 2.45) is 0 Å². The van der Waals surface area contributed by atoms with Crippen LogP contribution in [-0.4, -0.2) is 38.8 Å². The van der Waals surface area contributed by atoms with Gasteiger partial charge in [0, 0.05) is 24.5 Å². The van der Waals surface area contributed by atoms with Crippen molar-refractivity contribution in [3.8, 4) is 0 Å². The first kappa shape index (κ1) is 20.9. The monoisotopic (exact) mass is 468 g/mol. The smallest absolute Gasteiger partial charge is 0.264 e. The molecule has 4 heterocycles. The molecule has 4 aromatic rings. The van der Waals surface area contributed by atoms with E-state index in [0.717, 1.165) is 24.2 Å². The van der Waals surface area contributed by atoms with E-state index in [-0.39, 0.29) is 17.4 Å². The maximum Gasteiger partial charge on any atom is 0.264 e. The van der Waals surface area contributed by atoms with Gasteiger partial charge in [0.15, 0.2) is 5.89 Å². The molecule has 0 aliphatic carbocycles. The molecule has 0 spiro atoms. The molecule has 1 N–H and O–H groups in total. The number of carbonyl (C=O) groups excluding carboxylic acids is 1. The summed E-state index contributed by atoms with van der Waals surface area (Å²) in [5.41, 5.74) is 1.53. The number of hydrogen-bond acceptors (Lipinski definition) is 6. The molecule has 0 radical (unpaired) electrons. The van der Waals surface area contributed by atoms with Gasteiger partial charge >= 0.3 is 0 Å². The van der Waals surface area contributed by atoms with Crippen LogP contribution in [0.2, 0.25) is 5.02 Å². The van der Waals surface area contributed by atoms with Gasteiger partial charge in [-0.1, -0.05) is 23.7 Å². The normalized spacial score (nSPS) is 16.6. The van der Waals surface area contributed by atoms with Crippen molar-refractivity contribution >= 4 is 39.1 Å². The number of nitrogens with one attached hydrogen (secondary N) is 1. The Hall–Kier alpha value is -2.97. The molecule has 1 atom stereocenters. The number of aromatic nitrogens is 3. The first-order valence-corrected chi connectivity index (χ1v) is 11.6. The summed E-state index contributed by atoms with van der Waals surface area (Å²) in [5.74, 6) is 1.40. The standard InChI is InChI=1S/C23H21ClN4O3S/c1-13-18-20(29)26-12-27-22(18)32-19(13)23(30)28-7-3-5-15(11-28)21-25-10-17(31-21)9-14-4-2-6-16(24)8-14/h2,4,6,8,10,12,15H,3,5,7,9,11H2,1H3,(H,26,27,29)/t15-/m1/s1. The van der Waals surface area contributed by atoms with Crippen molar-refractivity contribution in [2.75, 3.05) is 13.1 Å². The Morgan fingerprint density at radius 2 is 2.25 bits per heavy atom. The van der Waals surface area contributed by atoms with Crippen molar-refractivity contribution in [3.63, 3.8) is 0 Å². The van der Waals surface area contributed by atoms with Gasteiger partial charge in [0.1, 0.15) is 10.6 Å². The van der Waals surface area contributed by atoms with Crippen molar-refractivity contribution in [3.05, 3.63) is 79.8 Å². The molecule has 0 bridgehead atoms. The lowest BCUT2D eigenvalue weighted by Gasteiger charge is -2.31. The highest BCUT2D eigenvalue weighted by Gasteiger charge is 2.30. The number of carbonyl (C=O) groups is 1. The fourth-order valence-electron chi connectivity index (χ4n) is 4.23. The average Bonchev–Trinajstić information content (AvgIpc) is 3.39. The number of thiophene rings is 1. The number of benzene rings is 1. The number of rotatable bonds is 4. The van der Waals surface area contributed by atoms with Gasteiger partial charge in [-0.15, -0.1) is 11.3 Å². The molecule has 1 saturated heterocycles. The fourth-order valence-corrected chi connectivity index (χ4v) is 5.56. The van der Waals surface area contributed by atoms with Gasteiger partial charge in [0.2, 0.25) is 0 Å². The second-order valence-electron chi connectivity index (χ2n) is 8.03. The number of H-pyrrole nitrogens is 1. The summed E-state index contributed by atoms with van der Waals surface area (Å²) in [6.45, 7) is 3.01. The van der Waals surface area contributed by atoms with Crippen LogP contribution >= 0.6 is 22.9 Å². The lowest BCUT2D eigenvalue weighted by molar-refractivity contribution is 0.0702. The molecule has 9 heteroatoms. The molecule has 1 amide bonds. The Morgan fingerprint density at radius 3 is 3.06 bits per heavy atom. The van der Waals surface area contributed by atoms with Crippen LogP contribution in [0, 0.1) is 6.92 Å². The van der Waals surface area contributed by atoms with Crippen LogP contribution in [-0.2, 0) is 6.42 Å². The predicted molar refractivity (Wildman–Crippen MR) is 124 cm³/mol. The van der Waals surface area contributed by atoms with E-state index in [1.165, 1.54) is 17.7 Å². The van der Waals surface area contributed by atoms with Gasteiger partial charge < -0.3 is 14.3 Å². The van der Waals surface area contributed by atoms with Crippen molar-refractivity contribution in [2.45, 2.75) is 32.1 Å². The molecule has 1 aliphatic heterocycles. The molecule has 7 nitrogen and oxygen atoms in total. The van der Waals surface area contributed by atoms with Crippen LogP contribution in [0.15, 0.2) is 46.0 Å². The summed E-state index contributed by atoms with van der Waals surface area (Å²) in [6.07, 6.45) is 5.52. The van der Waals surface area contributed by atoms with Gasteiger partial charge in [0.05, 0.1) is 28.7 Å². The zero-order valence-corrected chi connectivity index (χ0v) is 19.0. The van der Waals surface area contributed by atoms with Crippen molar-refractivity contribution in [1.29, 1.82) is 0 Å². The van der Waals surface area contributed by atoms with E-state index in [1.807, 2.05) is 29.2 Å². The third-order valence-electron chi connectivity index (χ3n) is 5.82. The van der Waals surface area contributed by atoms with E-state index in [4.69, 9.17) is 16.0 Å². The third kappa shape index (κ3) is 3.96. The number of nitrogens with zero attached hydrogens (tertiary/aromatic N) is 3. The Labute approximate surface area is 193 Å². The van der Waals surface area contributed by atoms with Gasteiger partial charge in [-0.3, -0.25) is 9.59 Å². The Morgan fingerprint density at radius 1 is 1.38 bits per heavy atom. The van der Waals surface area contributed by atoms with Crippen LogP contribution in [0.5, 0.6) is 0 Å². The van der Waals surface area contributed by atoms with Crippen molar-refractivity contribution < 1.29 is 9.21 Å². The number of likely N-dealkylation sites (tertiary alicyclic amines) is 1. The maximum atomic E-state index is 13.3. The minimum Gasteiger partial charge on any atom is -0.445 e. The average molecular weight is 469 g/mol. The van der Waals surface area contributed by atoms with E-state index in [2.05, 4.69) is 15.0 Å². The number of aromatic amines is 1. The molecule has 1 fully saturated rings. The zero-order valence-electron chi connectivity index (χ0n) is 17.4. The highest BCUT2D eigenvalue weighted by atomic mass is 35.5. The molecule has 32 heavy (non-hydrogen) atoms. The number of halogens is 1. The summed E-state index contributed by atoms with van der Waals surface area (Å²) < 4.78 is 6.04. The topological polar surface area (TPSA) is 92.1 Å². The second kappa shape index (κ2) is 8.52. The molecule has 0 unspecified atom stereocenters. The first-order valence-electron chi connectivity index (χ1n) is 10.4. The molecule has 0 saturated carbocycles. The minimum absolute atomic E-state index is 0.0389. The summed E-state index contributed by atoms with van der Waals surface area (Å²) in [6, 6.07) is 7.67. The second-order valence-corrected chi connectivity index (χ2v) is 9.47. The summed E-state index contributed by atoms with van der Waals surface area (Å²) in [4.78, 5) is 39.7. The Balaban J connectivity index is 1.33. The highest BCUT2D eigenvalue weighted by molar-refractivity contribution is 7.20. The number of aryl methyl sites for hydroxylation is 1. The number of piperidine rings is 1.